The van der Waals surface area contributed by atoms with Crippen molar-refractivity contribution in [2.24, 2.45) is 0 Å². The first-order chi connectivity index (χ1) is 15.7. The summed E-state index contributed by atoms with van der Waals surface area (Å²) in [5.74, 6) is -0.0966. The second-order valence-corrected chi connectivity index (χ2v) is 8.62. The van der Waals surface area contributed by atoms with Crippen molar-refractivity contribution in [2.75, 3.05) is 10.6 Å². The number of hydrogen-bond acceptors (Lipinski definition) is 4. The highest BCUT2D eigenvalue weighted by atomic mass is 32.1. The first kappa shape index (κ1) is 20.2. The molecule has 2 amide bonds. The first-order valence-corrected chi connectivity index (χ1v) is 11.3. The Kier molecular flexibility index (Phi) is 5.52. The molecule has 2 heterocycles. The van der Waals surface area contributed by atoms with Crippen LogP contribution < -0.4 is 10.6 Å². The van der Waals surface area contributed by atoms with Crippen LogP contribution in [0.3, 0.4) is 0 Å². The van der Waals surface area contributed by atoms with Crippen molar-refractivity contribution in [3.63, 3.8) is 0 Å². The van der Waals surface area contributed by atoms with E-state index >= 15 is 0 Å². The van der Waals surface area contributed by atoms with Crippen molar-refractivity contribution >= 4 is 34.0 Å². The summed E-state index contributed by atoms with van der Waals surface area (Å²) < 4.78 is 0. The first-order valence-electron chi connectivity index (χ1n) is 10.4. The van der Waals surface area contributed by atoms with Crippen LogP contribution in [-0.2, 0) is 16.0 Å². The molecule has 0 unspecified atom stereocenters. The summed E-state index contributed by atoms with van der Waals surface area (Å²) >= 11 is 1.40. The number of aromatic nitrogens is 1. The molecule has 5 nitrogen and oxygen atoms in total. The Balaban J connectivity index is 1.31. The van der Waals surface area contributed by atoms with Gasteiger partial charge in [-0.3, -0.25) is 9.59 Å². The van der Waals surface area contributed by atoms with Gasteiger partial charge in [0.2, 0.25) is 11.8 Å². The number of benzene rings is 3. The number of carbonyl (C=O) groups is 2. The second-order valence-electron chi connectivity index (χ2n) is 7.76. The van der Waals surface area contributed by atoms with Crippen LogP contribution in [0.2, 0.25) is 0 Å². The van der Waals surface area contributed by atoms with E-state index in [2.05, 4.69) is 39.9 Å². The van der Waals surface area contributed by atoms with Gasteiger partial charge >= 0.3 is 0 Å². The molecule has 5 rings (SSSR count). The number of rotatable bonds is 6. The van der Waals surface area contributed by atoms with Gasteiger partial charge < -0.3 is 10.6 Å². The molecule has 0 fully saturated rings. The Hall–Kier alpha value is -3.77. The molecule has 0 bridgehead atoms. The lowest BCUT2D eigenvalue weighted by molar-refractivity contribution is -0.116. The molecular weight excluding hydrogens is 418 g/mol. The lowest BCUT2D eigenvalue weighted by Gasteiger charge is -2.17. The number of thiazole rings is 1. The summed E-state index contributed by atoms with van der Waals surface area (Å²) in [5, 5.41) is 8.30. The van der Waals surface area contributed by atoms with Crippen LogP contribution in [0.1, 0.15) is 29.0 Å². The molecule has 1 aliphatic heterocycles. The largest absolute Gasteiger partial charge is 0.326 e. The van der Waals surface area contributed by atoms with E-state index in [1.54, 1.807) is 0 Å². The van der Waals surface area contributed by atoms with Gasteiger partial charge in [-0.05, 0) is 28.8 Å². The SMILES string of the molecule is O=C(CC(c1ccccc1)c1ccccc1)Nc1nc(-c2ccc3c(c2)CC(=O)N3)cs1. The predicted octanol–water partition coefficient (Wildman–Crippen LogP) is 5.47. The summed E-state index contributed by atoms with van der Waals surface area (Å²) in [6, 6.07) is 26.0. The molecule has 6 heteroatoms. The molecule has 0 aliphatic carbocycles. The maximum Gasteiger partial charge on any atom is 0.228 e. The van der Waals surface area contributed by atoms with Crippen molar-refractivity contribution in [3.8, 4) is 11.3 Å². The van der Waals surface area contributed by atoms with Crippen molar-refractivity contribution in [1.29, 1.82) is 0 Å². The average Bonchev–Trinajstić information content (AvgIpc) is 3.43. The van der Waals surface area contributed by atoms with Gasteiger partial charge in [0.05, 0.1) is 12.1 Å². The van der Waals surface area contributed by atoms with Crippen LogP contribution in [0.4, 0.5) is 10.8 Å². The van der Waals surface area contributed by atoms with Crippen molar-refractivity contribution in [1.82, 2.24) is 4.98 Å². The average molecular weight is 440 g/mol. The molecule has 0 radical (unpaired) electrons. The number of nitrogens with one attached hydrogen (secondary N) is 2. The number of amides is 2. The van der Waals surface area contributed by atoms with E-state index in [0.717, 1.165) is 33.6 Å². The van der Waals surface area contributed by atoms with E-state index in [-0.39, 0.29) is 17.7 Å². The highest BCUT2D eigenvalue weighted by Gasteiger charge is 2.20. The lowest BCUT2D eigenvalue weighted by Crippen LogP contribution is -2.16. The minimum absolute atomic E-state index is 0.00904. The van der Waals surface area contributed by atoms with E-state index in [4.69, 9.17) is 0 Å². The molecule has 0 spiro atoms. The molecule has 0 atom stereocenters. The maximum absolute atomic E-state index is 12.9. The van der Waals surface area contributed by atoms with Gasteiger partial charge in [0.25, 0.3) is 0 Å². The van der Waals surface area contributed by atoms with Gasteiger partial charge in [-0.15, -0.1) is 11.3 Å². The van der Waals surface area contributed by atoms with Crippen molar-refractivity contribution in [3.05, 3.63) is 101 Å². The van der Waals surface area contributed by atoms with Gasteiger partial charge in [0.1, 0.15) is 0 Å². The lowest BCUT2D eigenvalue weighted by atomic mass is 9.88. The third-order valence-electron chi connectivity index (χ3n) is 5.57. The number of hydrogen-bond donors (Lipinski definition) is 2. The fraction of sp³-hybridized carbons (Fsp3) is 0.115. The Morgan fingerprint density at radius 3 is 2.38 bits per heavy atom. The molecule has 0 saturated heterocycles. The minimum Gasteiger partial charge on any atom is -0.326 e. The summed E-state index contributed by atoms with van der Waals surface area (Å²) in [6.45, 7) is 0. The summed E-state index contributed by atoms with van der Waals surface area (Å²) in [4.78, 5) is 29.1. The zero-order valence-electron chi connectivity index (χ0n) is 17.2. The zero-order chi connectivity index (χ0) is 21.9. The Labute approximate surface area is 190 Å². The van der Waals surface area contributed by atoms with E-state index < -0.39 is 0 Å². The van der Waals surface area contributed by atoms with Crippen molar-refractivity contribution < 1.29 is 9.59 Å². The van der Waals surface area contributed by atoms with E-state index in [0.29, 0.717) is 18.0 Å². The molecule has 4 aromatic rings. The number of nitrogens with zero attached hydrogens (tertiary/aromatic N) is 1. The molecule has 0 saturated carbocycles. The van der Waals surface area contributed by atoms with Crippen LogP contribution in [0.25, 0.3) is 11.3 Å². The molecule has 1 aromatic heterocycles. The standard InChI is InChI=1S/C26H21N3O2S/c30-24-14-20-13-19(11-12-22(20)27-24)23-16-32-26(28-23)29-25(31)15-21(17-7-3-1-4-8-17)18-9-5-2-6-10-18/h1-13,16,21H,14-15H2,(H,27,30)(H,28,29,31). The van der Waals surface area contributed by atoms with Gasteiger partial charge in [-0.1, -0.05) is 66.7 Å². The second kappa shape index (κ2) is 8.77. The molecular formula is C26H21N3O2S. The molecule has 2 N–H and O–H groups in total. The zero-order valence-corrected chi connectivity index (χ0v) is 18.1. The third kappa shape index (κ3) is 4.31. The Bertz CT molecular complexity index is 1230. The molecule has 3 aromatic carbocycles. The quantitative estimate of drug-likeness (QED) is 0.419. The smallest absolute Gasteiger partial charge is 0.228 e. The Morgan fingerprint density at radius 1 is 1.00 bits per heavy atom. The van der Waals surface area contributed by atoms with E-state index in [1.807, 2.05) is 60.0 Å². The highest BCUT2D eigenvalue weighted by Crippen LogP contribution is 2.32. The topological polar surface area (TPSA) is 71.1 Å². The fourth-order valence-electron chi connectivity index (χ4n) is 4.01. The van der Waals surface area contributed by atoms with Crippen LogP contribution in [0.15, 0.2) is 84.2 Å². The monoisotopic (exact) mass is 439 g/mol. The van der Waals surface area contributed by atoms with Gasteiger partial charge in [-0.2, -0.15) is 0 Å². The van der Waals surface area contributed by atoms with Gasteiger partial charge in [0, 0.05) is 29.0 Å². The molecule has 32 heavy (non-hydrogen) atoms. The van der Waals surface area contributed by atoms with Crippen LogP contribution >= 0.6 is 11.3 Å². The number of fused-ring (bicyclic) bond motifs is 1. The number of anilines is 2. The maximum atomic E-state index is 12.9. The summed E-state index contributed by atoms with van der Waals surface area (Å²) in [7, 11) is 0. The van der Waals surface area contributed by atoms with Gasteiger partial charge in [0.15, 0.2) is 5.13 Å². The summed E-state index contributed by atoms with van der Waals surface area (Å²) in [5.41, 5.74) is 5.76. The Morgan fingerprint density at radius 2 is 1.69 bits per heavy atom. The normalized spacial score (nSPS) is 12.5. The highest BCUT2D eigenvalue weighted by molar-refractivity contribution is 7.14. The fourth-order valence-corrected chi connectivity index (χ4v) is 4.74. The third-order valence-corrected chi connectivity index (χ3v) is 6.33. The van der Waals surface area contributed by atoms with Gasteiger partial charge in [-0.25, -0.2) is 4.98 Å². The minimum atomic E-state index is -0.0765. The number of carbonyl (C=O) groups excluding carboxylic acids is 2. The summed E-state index contributed by atoms with van der Waals surface area (Å²) in [6.07, 6.45) is 0.715. The predicted molar refractivity (Wildman–Crippen MR) is 128 cm³/mol. The molecule has 158 valence electrons. The van der Waals surface area contributed by atoms with Crippen LogP contribution in [0, 0.1) is 0 Å². The van der Waals surface area contributed by atoms with Crippen LogP contribution in [0.5, 0.6) is 0 Å². The van der Waals surface area contributed by atoms with E-state index in [9.17, 15) is 9.59 Å². The van der Waals surface area contributed by atoms with Crippen molar-refractivity contribution in [2.45, 2.75) is 18.8 Å². The molecule has 1 aliphatic rings. The van der Waals surface area contributed by atoms with Crippen LogP contribution in [-0.4, -0.2) is 16.8 Å². The van der Waals surface area contributed by atoms with E-state index in [1.165, 1.54) is 11.3 Å².